The second kappa shape index (κ2) is 4.79. The number of thiophene rings is 1. The quantitative estimate of drug-likeness (QED) is 0.659. The van der Waals surface area contributed by atoms with Crippen LogP contribution in [0, 0.1) is 6.92 Å². The molecule has 19 heavy (non-hydrogen) atoms. The molecule has 96 valence electrons. The fourth-order valence-corrected chi connectivity index (χ4v) is 2.96. The minimum absolute atomic E-state index is 0.461. The summed E-state index contributed by atoms with van der Waals surface area (Å²) in [6.45, 7) is 1.99. The molecule has 3 aromatic rings. The standard InChI is InChI=1S/C14H11ClN2OS/c1-8-3-4-10(18-2)12-11(8)13(15)17-14(16-12)9-5-6-19-7-9/h3-7H,1-2H3. The molecule has 3 nitrogen and oxygen atoms in total. The van der Waals surface area contributed by atoms with Crippen LogP contribution in [0.3, 0.4) is 0 Å². The molecule has 0 aliphatic rings. The van der Waals surface area contributed by atoms with Gasteiger partial charge in [-0.3, -0.25) is 0 Å². The first-order valence-electron chi connectivity index (χ1n) is 5.74. The van der Waals surface area contributed by atoms with E-state index in [1.807, 2.05) is 35.9 Å². The molecule has 0 unspecified atom stereocenters. The second-order valence-electron chi connectivity index (χ2n) is 4.16. The lowest BCUT2D eigenvalue weighted by molar-refractivity contribution is 0.419. The van der Waals surface area contributed by atoms with Crippen molar-refractivity contribution in [2.75, 3.05) is 7.11 Å². The molecule has 0 saturated carbocycles. The molecule has 0 radical (unpaired) electrons. The Balaban J connectivity index is 2.36. The highest BCUT2D eigenvalue weighted by Crippen LogP contribution is 2.33. The minimum Gasteiger partial charge on any atom is -0.494 e. The molecule has 0 bridgehead atoms. The fraction of sp³-hybridized carbons (Fsp3) is 0.143. The first-order valence-corrected chi connectivity index (χ1v) is 7.06. The third-order valence-corrected chi connectivity index (χ3v) is 3.93. The molecule has 5 heteroatoms. The largest absolute Gasteiger partial charge is 0.494 e. The lowest BCUT2D eigenvalue weighted by atomic mass is 10.1. The van der Waals surface area contributed by atoms with E-state index in [0.717, 1.165) is 22.0 Å². The second-order valence-corrected chi connectivity index (χ2v) is 5.30. The number of benzene rings is 1. The Labute approximate surface area is 119 Å². The first kappa shape index (κ1) is 12.4. The van der Waals surface area contributed by atoms with Crippen molar-refractivity contribution in [3.05, 3.63) is 39.7 Å². The summed E-state index contributed by atoms with van der Waals surface area (Å²) in [5, 5.41) is 5.30. The van der Waals surface area contributed by atoms with E-state index in [-0.39, 0.29) is 0 Å². The van der Waals surface area contributed by atoms with E-state index in [1.165, 1.54) is 0 Å². The van der Waals surface area contributed by atoms with Crippen LogP contribution in [0.25, 0.3) is 22.3 Å². The van der Waals surface area contributed by atoms with Gasteiger partial charge in [0.2, 0.25) is 0 Å². The van der Waals surface area contributed by atoms with Gasteiger partial charge in [-0.05, 0) is 30.0 Å². The van der Waals surface area contributed by atoms with Crippen molar-refractivity contribution >= 4 is 33.8 Å². The summed E-state index contributed by atoms with van der Waals surface area (Å²) in [5.74, 6) is 1.34. The Kier molecular flexibility index (Phi) is 3.12. The predicted molar refractivity (Wildman–Crippen MR) is 79.2 cm³/mol. The van der Waals surface area contributed by atoms with Crippen LogP contribution in [0.15, 0.2) is 29.0 Å². The molecule has 3 rings (SSSR count). The summed E-state index contributed by atoms with van der Waals surface area (Å²) in [6, 6.07) is 5.84. The lowest BCUT2D eigenvalue weighted by Gasteiger charge is -2.09. The van der Waals surface area contributed by atoms with E-state index in [0.29, 0.717) is 16.7 Å². The van der Waals surface area contributed by atoms with Crippen LogP contribution < -0.4 is 4.74 Å². The van der Waals surface area contributed by atoms with Crippen LogP contribution in [0.1, 0.15) is 5.56 Å². The van der Waals surface area contributed by atoms with Crippen LogP contribution in [0.5, 0.6) is 5.75 Å². The molecule has 0 aliphatic carbocycles. The van der Waals surface area contributed by atoms with Crippen LogP contribution in [0.4, 0.5) is 0 Å². The Bertz CT molecular complexity index is 741. The van der Waals surface area contributed by atoms with Gasteiger partial charge in [0.25, 0.3) is 0 Å². The maximum absolute atomic E-state index is 6.31. The zero-order valence-electron chi connectivity index (χ0n) is 10.5. The number of rotatable bonds is 2. The third-order valence-electron chi connectivity index (χ3n) is 2.98. The Morgan fingerprint density at radius 2 is 2.05 bits per heavy atom. The van der Waals surface area contributed by atoms with Crippen molar-refractivity contribution < 1.29 is 4.74 Å². The van der Waals surface area contributed by atoms with Gasteiger partial charge in [0.05, 0.1) is 7.11 Å². The third kappa shape index (κ3) is 2.07. The van der Waals surface area contributed by atoms with E-state index in [4.69, 9.17) is 16.3 Å². The lowest BCUT2D eigenvalue weighted by Crippen LogP contribution is -1.95. The molecular formula is C14H11ClN2OS. The van der Waals surface area contributed by atoms with Gasteiger partial charge in [0.1, 0.15) is 16.4 Å². The molecule has 0 amide bonds. The number of ether oxygens (including phenoxy) is 1. The topological polar surface area (TPSA) is 35.0 Å². The average molecular weight is 291 g/mol. The Morgan fingerprint density at radius 3 is 2.74 bits per heavy atom. The average Bonchev–Trinajstić information content (AvgIpc) is 2.92. The molecule has 0 atom stereocenters. The summed E-state index contributed by atoms with van der Waals surface area (Å²) in [5.41, 5.74) is 2.76. The molecule has 0 fully saturated rings. The summed E-state index contributed by atoms with van der Waals surface area (Å²) < 4.78 is 5.36. The molecule has 0 spiro atoms. The van der Waals surface area contributed by atoms with Crippen molar-refractivity contribution in [1.82, 2.24) is 9.97 Å². The number of halogens is 1. The number of hydrogen-bond acceptors (Lipinski definition) is 4. The van der Waals surface area contributed by atoms with Crippen LogP contribution in [0.2, 0.25) is 5.15 Å². The maximum atomic E-state index is 6.31. The molecular weight excluding hydrogens is 280 g/mol. The monoisotopic (exact) mass is 290 g/mol. The van der Waals surface area contributed by atoms with Crippen molar-refractivity contribution in [2.24, 2.45) is 0 Å². The first-order chi connectivity index (χ1) is 9.20. The van der Waals surface area contributed by atoms with Crippen LogP contribution in [-0.2, 0) is 0 Å². The van der Waals surface area contributed by atoms with Crippen LogP contribution in [-0.4, -0.2) is 17.1 Å². The van der Waals surface area contributed by atoms with Crippen molar-refractivity contribution in [1.29, 1.82) is 0 Å². The summed E-state index contributed by atoms with van der Waals surface area (Å²) in [7, 11) is 1.63. The van der Waals surface area contributed by atoms with E-state index in [9.17, 15) is 0 Å². The van der Waals surface area contributed by atoms with Crippen molar-refractivity contribution in [3.8, 4) is 17.1 Å². The molecule has 0 saturated heterocycles. The van der Waals surface area contributed by atoms with Crippen molar-refractivity contribution in [2.45, 2.75) is 6.92 Å². The number of methoxy groups -OCH3 is 1. The van der Waals surface area contributed by atoms with Gasteiger partial charge in [-0.25, -0.2) is 9.97 Å². The van der Waals surface area contributed by atoms with Crippen molar-refractivity contribution in [3.63, 3.8) is 0 Å². The Morgan fingerprint density at radius 1 is 1.21 bits per heavy atom. The number of fused-ring (bicyclic) bond motifs is 1. The van der Waals surface area contributed by atoms with Crippen LogP contribution >= 0.6 is 22.9 Å². The zero-order chi connectivity index (χ0) is 13.4. The fourth-order valence-electron chi connectivity index (χ4n) is 2.01. The number of aryl methyl sites for hydroxylation is 1. The molecule has 0 aliphatic heterocycles. The SMILES string of the molecule is COc1ccc(C)c2c(Cl)nc(-c3ccsc3)nc12. The van der Waals surface area contributed by atoms with E-state index < -0.39 is 0 Å². The van der Waals surface area contributed by atoms with E-state index in [1.54, 1.807) is 18.4 Å². The van der Waals surface area contributed by atoms with Gasteiger partial charge in [0, 0.05) is 16.3 Å². The Hall–Kier alpha value is -1.65. The normalized spacial score (nSPS) is 10.9. The smallest absolute Gasteiger partial charge is 0.162 e. The van der Waals surface area contributed by atoms with E-state index in [2.05, 4.69) is 9.97 Å². The molecule has 0 N–H and O–H groups in total. The van der Waals surface area contributed by atoms with Gasteiger partial charge in [-0.1, -0.05) is 17.7 Å². The number of hydrogen-bond donors (Lipinski definition) is 0. The van der Waals surface area contributed by atoms with Gasteiger partial charge in [-0.2, -0.15) is 11.3 Å². The van der Waals surface area contributed by atoms with Gasteiger partial charge >= 0.3 is 0 Å². The number of aromatic nitrogens is 2. The summed E-state index contributed by atoms with van der Waals surface area (Å²) in [6.07, 6.45) is 0. The predicted octanol–water partition coefficient (Wildman–Crippen LogP) is 4.33. The molecule has 1 aromatic carbocycles. The van der Waals surface area contributed by atoms with Gasteiger partial charge < -0.3 is 4.74 Å². The van der Waals surface area contributed by atoms with E-state index >= 15 is 0 Å². The molecule has 2 heterocycles. The minimum atomic E-state index is 0.461. The number of nitrogens with zero attached hydrogens (tertiary/aromatic N) is 2. The highest BCUT2D eigenvalue weighted by molar-refractivity contribution is 7.08. The van der Waals surface area contributed by atoms with Gasteiger partial charge in [0.15, 0.2) is 5.82 Å². The summed E-state index contributed by atoms with van der Waals surface area (Å²) in [4.78, 5) is 8.98. The van der Waals surface area contributed by atoms with Gasteiger partial charge in [-0.15, -0.1) is 0 Å². The summed E-state index contributed by atoms with van der Waals surface area (Å²) >= 11 is 7.91. The highest BCUT2D eigenvalue weighted by Gasteiger charge is 2.13. The zero-order valence-corrected chi connectivity index (χ0v) is 12.0. The molecule has 2 aromatic heterocycles. The maximum Gasteiger partial charge on any atom is 0.162 e. The highest BCUT2D eigenvalue weighted by atomic mass is 35.5.